The van der Waals surface area contributed by atoms with E-state index in [0.717, 1.165) is 11.1 Å². The van der Waals surface area contributed by atoms with Gasteiger partial charge in [0.2, 0.25) is 5.95 Å². The maximum absolute atomic E-state index is 13.2. The van der Waals surface area contributed by atoms with E-state index in [1.165, 1.54) is 0 Å². The first-order valence-electron chi connectivity index (χ1n) is 10.6. The average Bonchev–Trinajstić information content (AvgIpc) is 3.16. The number of hydrogen-bond donors (Lipinski definition) is 2. The van der Waals surface area contributed by atoms with Crippen molar-refractivity contribution in [2.45, 2.75) is 6.92 Å². The summed E-state index contributed by atoms with van der Waals surface area (Å²) < 4.78 is 1.78. The third kappa shape index (κ3) is 4.14. The van der Waals surface area contributed by atoms with E-state index in [1.54, 1.807) is 41.0 Å². The lowest BCUT2D eigenvalue weighted by Crippen LogP contribution is -2.12. The molecule has 0 aliphatic carbocycles. The van der Waals surface area contributed by atoms with Crippen LogP contribution in [0.1, 0.15) is 23.9 Å². The number of H-pyrrole nitrogens is 1. The number of fused-ring (bicyclic) bond motifs is 3. The standard InChI is InChI=1S/C26H18Cl2N6O/c1-14(11-15-5-3-6-16(12-15)13-29)24-30-19-9-10-20-23(21(19)25(35)33-24)34(2)26(31-20)32-22-17(27)7-4-8-18(22)28/h3-12H,1-2H3,(H,31,32)(H,30,33,35). The Morgan fingerprint density at radius 1 is 1.09 bits per heavy atom. The van der Waals surface area contributed by atoms with Crippen LogP contribution in [0, 0.1) is 11.3 Å². The Bertz CT molecular complexity index is 1740. The van der Waals surface area contributed by atoms with Crippen LogP contribution in [0.3, 0.4) is 0 Å². The number of aromatic amines is 1. The molecule has 0 atom stereocenters. The van der Waals surface area contributed by atoms with Gasteiger partial charge in [-0.15, -0.1) is 0 Å². The number of halogens is 2. The van der Waals surface area contributed by atoms with Crippen LogP contribution in [-0.4, -0.2) is 19.5 Å². The Balaban J connectivity index is 1.61. The first-order valence-corrected chi connectivity index (χ1v) is 11.4. The Labute approximate surface area is 210 Å². The van der Waals surface area contributed by atoms with Crippen LogP contribution < -0.4 is 10.9 Å². The summed E-state index contributed by atoms with van der Waals surface area (Å²) in [5.74, 6) is 0.937. The average molecular weight is 501 g/mol. The minimum absolute atomic E-state index is 0.278. The van der Waals surface area contributed by atoms with Crippen molar-refractivity contribution in [1.82, 2.24) is 19.5 Å². The van der Waals surface area contributed by atoms with Gasteiger partial charge in [0, 0.05) is 7.05 Å². The van der Waals surface area contributed by atoms with Crippen LogP contribution in [0.5, 0.6) is 0 Å². The van der Waals surface area contributed by atoms with E-state index in [4.69, 9.17) is 33.4 Å². The number of para-hydroxylation sites is 1. The smallest absolute Gasteiger partial charge is 0.261 e. The molecule has 0 unspecified atom stereocenters. The van der Waals surface area contributed by atoms with Crippen LogP contribution in [0.4, 0.5) is 11.6 Å². The topological polar surface area (TPSA) is 99.4 Å². The maximum atomic E-state index is 13.2. The molecule has 0 bridgehead atoms. The summed E-state index contributed by atoms with van der Waals surface area (Å²) in [6, 6.07) is 18.2. The molecule has 0 aliphatic rings. The van der Waals surface area contributed by atoms with Crippen molar-refractivity contribution in [3.8, 4) is 6.07 Å². The molecule has 7 nitrogen and oxygen atoms in total. The van der Waals surface area contributed by atoms with E-state index >= 15 is 0 Å². The minimum Gasteiger partial charge on any atom is -0.323 e. The summed E-state index contributed by atoms with van der Waals surface area (Å²) in [7, 11) is 1.81. The quantitative estimate of drug-likeness (QED) is 0.302. The van der Waals surface area contributed by atoms with Crippen molar-refractivity contribution in [2.75, 3.05) is 5.32 Å². The second-order valence-corrected chi connectivity index (χ2v) is 8.84. The fourth-order valence-corrected chi connectivity index (χ4v) is 4.47. The van der Waals surface area contributed by atoms with E-state index in [-0.39, 0.29) is 5.56 Å². The van der Waals surface area contributed by atoms with Crippen molar-refractivity contribution in [1.29, 1.82) is 5.26 Å². The maximum Gasteiger partial charge on any atom is 0.261 e. The number of nitrogens with one attached hydrogen (secondary N) is 2. The van der Waals surface area contributed by atoms with Gasteiger partial charge < -0.3 is 14.9 Å². The van der Waals surface area contributed by atoms with Crippen LogP contribution in [0.15, 0.2) is 59.4 Å². The fraction of sp³-hybridized carbons (Fsp3) is 0.0769. The molecule has 2 N–H and O–H groups in total. The molecule has 172 valence electrons. The molecule has 0 aliphatic heterocycles. The molecular weight excluding hydrogens is 483 g/mol. The number of nitriles is 1. The number of hydrogen-bond acceptors (Lipinski definition) is 5. The first-order chi connectivity index (χ1) is 16.9. The zero-order valence-electron chi connectivity index (χ0n) is 18.7. The molecule has 5 rings (SSSR count). The third-order valence-electron chi connectivity index (χ3n) is 5.68. The van der Waals surface area contributed by atoms with Crippen molar-refractivity contribution >= 4 is 68.4 Å². The van der Waals surface area contributed by atoms with Crippen molar-refractivity contribution in [3.05, 3.63) is 91.9 Å². The van der Waals surface area contributed by atoms with Gasteiger partial charge >= 0.3 is 0 Å². The van der Waals surface area contributed by atoms with E-state index < -0.39 is 0 Å². The normalized spacial score (nSPS) is 11.7. The number of aromatic nitrogens is 4. The minimum atomic E-state index is -0.278. The van der Waals surface area contributed by atoms with Gasteiger partial charge in [-0.05, 0) is 60.5 Å². The molecule has 0 saturated carbocycles. The highest BCUT2D eigenvalue weighted by Gasteiger charge is 2.17. The fourth-order valence-electron chi connectivity index (χ4n) is 3.97. The third-order valence-corrected chi connectivity index (χ3v) is 6.31. The number of anilines is 2. The number of rotatable bonds is 4. The van der Waals surface area contributed by atoms with Gasteiger partial charge in [-0.1, -0.05) is 41.4 Å². The van der Waals surface area contributed by atoms with Gasteiger partial charge in [-0.2, -0.15) is 5.26 Å². The number of benzene rings is 3. The molecule has 9 heteroatoms. The van der Waals surface area contributed by atoms with E-state index in [9.17, 15) is 4.79 Å². The molecule has 0 radical (unpaired) electrons. The van der Waals surface area contributed by atoms with Gasteiger partial charge in [0.1, 0.15) is 5.82 Å². The zero-order chi connectivity index (χ0) is 24.7. The number of allylic oxidation sites excluding steroid dienone is 1. The summed E-state index contributed by atoms with van der Waals surface area (Å²) in [4.78, 5) is 25.4. The van der Waals surface area contributed by atoms with Crippen molar-refractivity contribution < 1.29 is 0 Å². The van der Waals surface area contributed by atoms with Crippen molar-refractivity contribution in [2.24, 2.45) is 7.05 Å². The lowest BCUT2D eigenvalue weighted by Gasteiger charge is -2.10. The summed E-state index contributed by atoms with van der Waals surface area (Å²) in [5, 5.41) is 13.7. The Hall–Kier alpha value is -4.12. The van der Waals surface area contributed by atoms with Crippen LogP contribution >= 0.6 is 23.2 Å². The predicted octanol–water partition coefficient (Wildman–Crippen LogP) is 6.29. The van der Waals surface area contributed by atoms with E-state index in [1.807, 2.05) is 38.2 Å². The van der Waals surface area contributed by atoms with E-state index in [2.05, 4.69) is 21.4 Å². The summed E-state index contributed by atoms with van der Waals surface area (Å²) in [5.41, 5.74) is 4.24. The Morgan fingerprint density at radius 2 is 1.80 bits per heavy atom. The zero-order valence-corrected chi connectivity index (χ0v) is 20.2. The highest BCUT2D eigenvalue weighted by molar-refractivity contribution is 6.39. The highest BCUT2D eigenvalue weighted by atomic mass is 35.5. The molecule has 2 aromatic heterocycles. The second-order valence-electron chi connectivity index (χ2n) is 8.02. The van der Waals surface area contributed by atoms with Gasteiger partial charge in [-0.3, -0.25) is 4.79 Å². The summed E-state index contributed by atoms with van der Waals surface area (Å²) >= 11 is 12.6. The predicted molar refractivity (Wildman–Crippen MR) is 141 cm³/mol. The molecule has 0 fully saturated rings. The van der Waals surface area contributed by atoms with Crippen molar-refractivity contribution in [3.63, 3.8) is 0 Å². The highest BCUT2D eigenvalue weighted by Crippen LogP contribution is 2.34. The van der Waals surface area contributed by atoms with Gasteiger partial charge in [0.25, 0.3) is 5.56 Å². The second kappa shape index (κ2) is 8.91. The lowest BCUT2D eigenvalue weighted by atomic mass is 10.1. The Kier molecular flexibility index (Phi) is 5.77. The molecular formula is C26H18Cl2N6O. The number of nitrogens with zero attached hydrogens (tertiary/aromatic N) is 4. The van der Waals surface area contributed by atoms with E-state index in [0.29, 0.717) is 55.0 Å². The van der Waals surface area contributed by atoms with Crippen LogP contribution in [0.2, 0.25) is 10.0 Å². The number of imidazole rings is 1. The Morgan fingerprint density at radius 3 is 2.54 bits per heavy atom. The largest absolute Gasteiger partial charge is 0.323 e. The molecule has 3 aromatic carbocycles. The monoisotopic (exact) mass is 500 g/mol. The SMILES string of the molecule is CC(=Cc1cccc(C#N)c1)c1nc2ccc3nc(Nc4c(Cl)cccc4Cl)n(C)c3c2c(=O)[nH]1. The number of aryl methyl sites for hydroxylation is 1. The first kappa shape index (κ1) is 22.7. The van der Waals surface area contributed by atoms with Gasteiger partial charge in [-0.25, -0.2) is 9.97 Å². The molecule has 2 heterocycles. The molecule has 0 spiro atoms. The van der Waals surface area contributed by atoms with Crippen LogP contribution in [-0.2, 0) is 7.05 Å². The summed E-state index contributed by atoms with van der Waals surface area (Å²) in [6.45, 7) is 1.86. The summed E-state index contributed by atoms with van der Waals surface area (Å²) in [6.07, 6.45) is 1.88. The molecule has 5 aromatic rings. The van der Waals surface area contributed by atoms with Gasteiger partial charge in [0.15, 0.2) is 0 Å². The molecule has 0 saturated heterocycles. The molecule has 35 heavy (non-hydrogen) atoms. The molecule has 0 amide bonds. The van der Waals surface area contributed by atoms with Gasteiger partial charge in [0.05, 0.1) is 49.3 Å². The lowest BCUT2D eigenvalue weighted by molar-refractivity contribution is 0.960. The van der Waals surface area contributed by atoms with Crippen LogP contribution in [0.25, 0.3) is 33.6 Å².